The summed E-state index contributed by atoms with van der Waals surface area (Å²) >= 11 is 1.43. The molecule has 3 rings (SSSR count). The number of unbranched alkanes of at least 4 members (excludes halogenated alkanes) is 1. The lowest BCUT2D eigenvalue weighted by molar-refractivity contribution is -0.124. The highest BCUT2D eigenvalue weighted by atomic mass is 32.1. The van der Waals surface area contributed by atoms with Crippen molar-refractivity contribution < 1.29 is 14.3 Å². The Morgan fingerprint density at radius 2 is 2.04 bits per heavy atom. The highest BCUT2D eigenvalue weighted by Crippen LogP contribution is 2.38. The van der Waals surface area contributed by atoms with Gasteiger partial charge in [-0.15, -0.1) is 11.3 Å². The van der Waals surface area contributed by atoms with Crippen molar-refractivity contribution in [2.75, 3.05) is 26.7 Å². The molecule has 144 valence electrons. The topological polar surface area (TPSA) is 58.6 Å². The van der Waals surface area contributed by atoms with Crippen LogP contribution in [-0.2, 0) is 4.79 Å². The number of methoxy groups -OCH3 is 1. The first-order chi connectivity index (χ1) is 13.2. The molecule has 2 aromatic rings. The summed E-state index contributed by atoms with van der Waals surface area (Å²) in [6.07, 6.45) is 1.99. The lowest BCUT2D eigenvalue weighted by atomic mass is 9.87. The molecule has 0 bridgehead atoms. The molecule has 0 aliphatic carbocycles. The van der Waals surface area contributed by atoms with Crippen molar-refractivity contribution in [3.8, 4) is 5.75 Å². The van der Waals surface area contributed by atoms with Gasteiger partial charge in [-0.25, -0.2) is 0 Å². The quantitative estimate of drug-likeness (QED) is 0.741. The van der Waals surface area contributed by atoms with E-state index < -0.39 is 0 Å². The van der Waals surface area contributed by atoms with E-state index in [1.54, 1.807) is 12.0 Å². The number of nitrogens with zero attached hydrogens (tertiary/aromatic N) is 1. The van der Waals surface area contributed by atoms with Crippen LogP contribution in [0, 0.1) is 5.92 Å². The minimum absolute atomic E-state index is 0.00578. The van der Waals surface area contributed by atoms with Gasteiger partial charge < -0.3 is 15.0 Å². The van der Waals surface area contributed by atoms with Crippen LogP contribution in [0.2, 0.25) is 0 Å². The van der Waals surface area contributed by atoms with E-state index in [4.69, 9.17) is 4.74 Å². The van der Waals surface area contributed by atoms with Crippen LogP contribution in [0.1, 0.15) is 40.9 Å². The average molecular weight is 387 g/mol. The molecule has 0 saturated carbocycles. The third-order valence-corrected chi connectivity index (χ3v) is 5.90. The Hall–Kier alpha value is -2.34. The van der Waals surface area contributed by atoms with Crippen LogP contribution in [0.5, 0.6) is 5.75 Å². The molecule has 1 aromatic carbocycles. The maximum absolute atomic E-state index is 12.9. The van der Waals surface area contributed by atoms with Crippen molar-refractivity contribution >= 4 is 23.2 Å². The smallest absolute Gasteiger partial charge is 0.263 e. The summed E-state index contributed by atoms with van der Waals surface area (Å²) in [7, 11) is 1.64. The van der Waals surface area contributed by atoms with Crippen LogP contribution in [-0.4, -0.2) is 43.5 Å². The predicted molar refractivity (Wildman–Crippen MR) is 107 cm³/mol. The molecular formula is C21H26N2O3S. The summed E-state index contributed by atoms with van der Waals surface area (Å²) in [4.78, 5) is 28.2. The molecule has 1 N–H and O–H groups in total. The Labute approximate surface area is 164 Å². The predicted octanol–water partition coefficient (Wildman–Crippen LogP) is 3.53. The molecule has 2 amide bonds. The third kappa shape index (κ3) is 4.33. The number of para-hydroxylation sites is 1. The van der Waals surface area contributed by atoms with Gasteiger partial charge in [-0.05, 0) is 29.5 Å². The third-order valence-electron chi connectivity index (χ3n) is 5.04. The Bertz CT molecular complexity index is 775. The van der Waals surface area contributed by atoms with Crippen LogP contribution in [0.4, 0.5) is 0 Å². The fourth-order valence-electron chi connectivity index (χ4n) is 3.60. The molecule has 1 fully saturated rings. The van der Waals surface area contributed by atoms with E-state index in [2.05, 4.69) is 12.2 Å². The summed E-state index contributed by atoms with van der Waals surface area (Å²) in [6, 6.07) is 11.5. The van der Waals surface area contributed by atoms with E-state index >= 15 is 0 Å². The molecule has 0 radical (unpaired) electrons. The zero-order chi connectivity index (χ0) is 19.2. The van der Waals surface area contributed by atoms with Crippen LogP contribution < -0.4 is 10.1 Å². The number of carbonyl (C=O) groups is 2. The van der Waals surface area contributed by atoms with Gasteiger partial charge >= 0.3 is 0 Å². The maximum atomic E-state index is 12.9. The minimum atomic E-state index is -0.276. The number of benzene rings is 1. The molecule has 1 aromatic heterocycles. The number of likely N-dealkylation sites (tertiary alicyclic amines) is 1. The molecule has 1 saturated heterocycles. The minimum Gasteiger partial charge on any atom is -0.496 e. The Kier molecular flexibility index (Phi) is 6.50. The number of nitrogens with one attached hydrogen (secondary N) is 1. The van der Waals surface area contributed by atoms with Gasteiger partial charge in [0.15, 0.2) is 0 Å². The van der Waals surface area contributed by atoms with E-state index in [0.29, 0.717) is 24.5 Å². The van der Waals surface area contributed by atoms with Crippen LogP contribution in [0.15, 0.2) is 41.8 Å². The number of carbonyl (C=O) groups excluding carboxylic acids is 2. The van der Waals surface area contributed by atoms with Crippen molar-refractivity contribution in [1.29, 1.82) is 0 Å². The van der Waals surface area contributed by atoms with E-state index in [-0.39, 0.29) is 23.7 Å². The second-order valence-electron chi connectivity index (χ2n) is 6.79. The standard InChI is InChI=1S/C21H26N2O3S/c1-3-4-11-22-20(24)17-14-23(21(25)19-10-7-12-27-19)13-16(17)15-8-5-6-9-18(15)26-2/h5-10,12,16-17H,3-4,11,13-14H2,1-2H3,(H,22,24). The first-order valence-corrected chi connectivity index (χ1v) is 10.3. The fourth-order valence-corrected chi connectivity index (χ4v) is 4.29. The van der Waals surface area contributed by atoms with E-state index in [1.807, 2.05) is 41.8 Å². The summed E-state index contributed by atoms with van der Waals surface area (Å²) < 4.78 is 5.52. The van der Waals surface area contributed by atoms with Gasteiger partial charge in [0.25, 0.3) is 5.91 Å². The van der Waals surface area contributed by atoms with Gasteiger partial charge in [0.2, 0.25) is 5.91 Å². The maximum Gasteiger partial charge on any atom is 0.263 e. The highest BCUT2D eigenvalue weighted by molar-refractivity contribution is 7.12. The summed E-state index contributed by atoms with van der Waals surface area (Å²) in [5.74, 6) is 0.419. The molecule has 6 heteroatoms. The molecule has 1 aliphatic heterocycles. The average Bonchev–Trinajstić information content (AvgIpc) is 3.37. The van der Waals surface area contributed by atoms with Gasteiger partial charge in [0.1, 0.15) is 5.75 Å². The zero-order valence-corrected chi connectivity index (χ0v) is 16.6. The largest absolute Gasteiger partial charge is 0.496 e. The number of hydrogen-bond donors (Lipinski definition) is 1. The van der Waals surface area contributed by atoms with Gasteiger partial charge in [-0.2, -0.15) is 0 Å². The number of amides is 2. The highest BCUT2D eigenvalue weighted by Gasteiger charge is 2.41. The van der Waals surface area contributed by atoms with Gasteiger partial charge in [-0.3, -0.25) is 9.59 Å². The number of hydrogen-bond acceptors (Lipinski definition) is 4. The van der Waals surface area contributed by atoms with Crippen molar-refractivity contribution in [3.63, 3.8) is 0 Å². The van der Waals surface area contributed by atoms with E-state index in [9.17, 15) is 9.59 Å². The zero-order valence-electron chi connectivity index (χ0n) is 15.8. The normalized spacial score (nSPS) is 19.1. The van der Waals surface area contributed by atoms with Crippen LogP contribution in [0.3, 0.4) is 0 Å². The van der Waals surface area contributed by atoms with Crippen molar-refractivity contribution in [2.24, 2.45) is 5.92 Å². The van der Waals surface area contributed by atoms with E-state index in [0.717, 1.165) is 24.2 Å². The van der Waals surface area contributed by atoms with Gasteiger partial charge in [-0.1, -0.05) is 37.6 Å². The molecule has 5 nitrogen and oxygen atoms in total. The monoisotopic (exact) mass is 386 g/mol. The van der Waals surface area contributed by atoms with Crippen LogP contribution >= 0.6 is 11.3 Å². The first-order valence-electron chi connectivity index (χ1n) is 9.39. The summed E-state index contributed by atoms with van der Waals surface area (Å²) in [6.45, 7) is 3.71. The SMILES string of the molecule is CCCCNC(=O)C1CN(C(=O)c2cccs2)CC1c1ccccc1OC. The van der Waals surface area contributed by atoms with Gasteiger partial charge in [0, 0.05) is 25.6 Å². The molecular weight excluding hydrogens is 360 g/mol. The number of ether oxygens (including phenoxy) is 1. The number of thiophene rings is 1. The summed E-state index contributed by atoms with van der Waals surface area (Å²) in [5, 5.41) is 4.94. The molecule has 0 spiro atoms. The molecule has 1 aliphatic rings. The van der Waals surface area contributed by atoms with Crippen molar-refractivity contribution in [2.45, 2.75) is 25.7 Å². The Balaban J connectivity index is 1.85. The molecule has 27 heavy (non-hydrogen) atoms. The Morgan fingerprint density at radius 1 is 1.22 bits per heavy atom. The second-order valence-corrected chi connectivity index (χ2v) is 7.73. The van der Waals surface area contributed by atoms with Gasteiger partial charge in [0.05, 0.1) is 17.9 Å². The summed E-state index contributed by atoms with van der Waals surface area (Å²) in [5.41, 5.74) is 0.983. The van der Waals surface area contributed by atoms with E-state index in [1.165, 1.54) is 11.3 Å². The molecule has 2 unspecified atom stereocenters. The lowest BCUT2D eigenvalue weighted by Gasteiger charge is -2.20. The molecule has 2 atom stereocenters. The number of rotatable bonds is 7. The lowest BCUT2D eigenvalue weighted by Crippen LogP contribution is -2.36. The van der Waals surface area contributed by atoms with Crippen molar-refractivity contribution in [3.05, 3.63) is 52.2 Å². The fraction of sp³-hybridized carbons (Fsp3) is 0.429. The first kappa shape index (κ1) is 19.4. The van der Waals surface area contributed by atoms with Crippen LogP contribution in [0.25, 0.3) is 0 Å². The Morgan fingerprint density at radius 3 is 2.74 bits per heavy atom. The second kappa shape index (κ2) is 9.04. The molecule has 2 heterocycles. The van der Waals surface area contributed by atoms with Crippen molar-refractivity contribution in [1.82, 2.24) is 10.2 Å².